The highest BCUT2D eigenvalue weighted by Crippen LogP contribution is 2.26. The highest BCUT2D eigenvalue weighted by molar-refractivity contribution is 6.33. The summed E-state index contributed by atoms with van der Waals surface area (Å²) in [4.78, 5) is 9.25. The zero-order valence-electron chi connectivity index (χ0n) is 13.8. The van der Waals surface area contributed by atoms with Crippen molar-refractivity contribution >= 4 is 23.2 Å². The first kappa shape index (κ1) is 16.6. The molecular weight excluding hydrogens is 326 g/mol. The van der Waals surface area contributed by atoms with E-state index in [0.29, 0.717) is 6.54 Å². The van der Waals surface area contributed by atoms with Gasteiger partial charge in [-0.1, -0.05) is 28.9 Å². The summed E-state index contributed by atoms with van der Waals surface area (Å²) in [6.45, 7) is 7.06. The van der Waals surface area contributed by atoms with Crippen molar-refractivity contribution < 1.29 is 4.52 Å². The first-order valence-electron chi connectivity index (χ1n) is 8.20. The number of guanidine groups is 1. The van der Waals surface area contributed by atoms with Crippen LogP contribution in [-0.4, -0.2) is 48.7 Å². The number of rotatable bonds is 4. The fraction of sp³-hybridized carbons (Fsp3) is 0.412. The third kappa shape index (κ3) is 4.00. The number of hydrogen-bond donors (Lipinski definition) is 1. The lowest BCUT2D eigenvalue weighted by atomic mass is 10.2. The van der Waals surface area contributed by atoms with E-state index in [1.165, 1.54) is 0 Å². The van der Waals surface area contributed by atoms with Crippen molar-refractivity contribution in [2.45, 2.75) is 13.5 Å². The maximum absolute atomic E-state index is 6.31. The molecule has 2 aromatic rings. The van der Waals surface area contributed by atoms with E-state index in [-0.39, 0.29) is 0 Å². The predicted molar refractivity (Wildman–Crippen MR) is 96.6 cm³/mol. The Morgan fingerprint density at radius 2 is 2.04 bits per heavy atom. The maximum atomic E-state index is 6.31. The van der Waals surface area contributed by atoms with E-state index >= 15 is 0 Å². The molecular formula is C17H22ClN5O. The average molecular weight is 348 g/mol. The zero-order valence-corrected chi connectivity index (χ0v) is 14.5. The predicted octanol–water partition coefficient (Wildman–Crippen LogP) is 2.62. The first-order valence-corrected chi connectivity index (χ1v) is 8.57. The van der Waals surface area contributed by atoms with Crippen LogP contribution in [0.4, 0.5) is 5.69 Å². The van der Waals surface area contributed by atoms with Crippen molar-refractivity contribution in [2.24, 2.45) is 4.99 Å². The molecule has 1 fully saturated rings. The molecule has 0 spiro atoms. The summed E-state index contributed by atoms with van der Waals surface area (Å²) in [7, 11) is 0. The summed E-state index contributed by atoms with van der Waals surface area (Å²) >= 11 is 6.31. The van der Waals surface area contributed by atoms with Gasteiger partial charge in [0.25, 0.3) is 0 Å². The van der Waals surface area contributed by atoms with Gasteiger partial charge in [-0.25, -0.2) is 4.99 Å². The van der Waals surface area contributed by atoms with Crippen LogP contribution in [0.25, 0.3) is 0 Å². The third-order valence-electron chi connectivity index (χ3n) is 3.99. The largest absolute Gasteiger partial charge is 0.367 e. The Labute approximate surface area is 147 Å². The van der Waals surface area contributed by atoms with E-state index in [4.69, 9.17) is 16.1 Å². The zero-order chi connectivity index (χ0) is 16.8. The fourth-order valence-corrected chi connectivity index (χ4v) is 3.02. The molecule has 0 saturated carbocycles. The molecule has 24 heavy (non-hydrogen) atoms. The summed E-state index contributed by atoms with van der Waals surface area (Å²) in [5, 5.41) is 8.06. The number of nitrogens with one attached hydrogen (secondary N) is 1. The van der Waals surface area contributed by atoms with Gasteiger partial charge in [-0.05, 0) is 19.1 Å². The van der Waals surface area contributed by atoms with E-state index in [1.807, 2.05) is 24.3 Å². The summed E-state index contributed by atoms with van der Waals surface area (Å²) < 4.78 is 4.85. The van der Waals surface area contributed by atoms with Gasteiger partial charge in [-0.3, -0.25) is 0 Å². The van der Waals surface area contributed by atoms with Crippen LogP contribution in [0.2, 0.25) is 5.02 Å². The average Bonchev–Trinajstić information content (AvgIpc) is 3.13. The summed E-state index contributed by atoms with van der Waals surface area (Å²) in [6.07, 6.45) is 1.57. The van der Waals surface area contributed by atoms with Gasteiger partial charge in [0.15, 0.2) is 5.96 Å². The number of benzene rings is 1. The molecule has 1 aromatic carbocycles. The standard InChI is InChI=1S/C17H22ClN5O/c1-2-19-17(20-13-14-7-12-24-21-14)23-10-8-22(9-11-23)16-6-4-3-5-15(16)18/h3-7,12H,2,8-11,13H2,1H3,(H,19,20). The van der Waals surface area contributed by atoms with Crippen LogP contribution in [0.5, 0.6) is 0 Å². The number of para-hydroxylation sites is 1. The lowest BCUT2D eigenvalue weighted by Gasteiger charge is -2.38. The van der Waals surface area contributed by atoms with Crippen molar-refractivity contribution in [3.05, 3.63) is 47.3 Å². The van der Waals surface area contributed by atoms with Crippen LogP contribution in [0, 0.1) is 0 Å². The molecule has 1 aliphatic rings. The third-order valence-corrected chi connectivity index (χ3v) is 4.31. The topological polar surface area (TPSA) is 56.9 Å². The number of nitrogens with zero attached hydrogens (tertiary/aromatic N) is 4. The molecule has 1 N–H and O–H groups in total. The molecule has 6 nitrogen and oxygen atoms in total. The molecule has 1 aromatic heterocycles. The van der Waals surface area contributed by atoms with E-state index in [1.54, 1.807) is 6.26 Å². The molecule has 0 aliphatic carbocycles. The Hall–Kier alpha value is -2.21. The minimum Gasteiger partial charge on any atom is -0.367 e. The smallest absolute Gasteiger partial charge is 0.194 e. The van der Waals surface area contributed by atoms with Crippen molar-refractivity contribution in [3.8, 4) is 0 Å². The van der Waals surface area contributed by atoms with Crippen LogP contribution in [0.3, 0.4) is 0 Å². The molecule has 0 atom stereocenters. The number of aliphatic imine (C=N–C) groups is 1. The van der Waals surface area contributed by atoms with Crippen LogP contribution >= 0.6 is 11.6 Å². The Morgan fingerprint density at radius 3 is 2.71 bits per heavy atom. The normalized spacial score (nSPS) is 15.7. The first-order chi connectivity index (χ1) is 11.8. The number of aromatic nitrogens is 1. The second-order valence-electron chi connectivity index (χ2n) is 5.59. The highest BCUT2D eigenvalue weighted by Gasteiger charge is 2.21. The molecule has 2 heterocycles. The van der Waals surface area contributed by atoms with Crippen LogP contribution in [0.1, 0.15) is 12.6 Å². The fourth-order valence-electron chi connectivity index (χ4n) is 2.77. The van der Waals surface area contributed by atoms with E-state index in [2.05, 4.69) is 38.3 Å². The minimum absolute atomic E-state index is 0.517. The van der Waals surface area contributed by atoms with Crippen molar-refractivity contribution in [1.29, 1.82) is 0 Å². The summed E-state index contributed by atoms with van der Waals surface area (Å²) in [5.74, 6) is 0.916. The monoisotopic (exact) mass is 347 g/mol. The molecule has 1 aliphatic heterocycles. The van der Waals surface area contributed by atoms with Crippen molar-refractivity contribution in [1.82, 2.24) is 15.4 Å². The van der Waals surface area contributed by atoms with Gasteiger partial charge < -0.3 is 19.6 Å². The Kier molecular flexibility index (Phi) is 5.59. The van der Waals surface area contributed by atoms with E-state index < -0.39 is 0 Å². The van der Waals surface area contributed by atoms with Gasteiger partial charge in [0, 0.05) is 38.8 Å². The maximum Gasteiger partial charge on any atom is 0.194 e. The lowest BCUT2D eigenvalue weighted by molar-refractivity contribution is 0.372. The van der Waals surface area contributed by atoms with Gasteiger partial charge in [0.2, 0.25) is 0 Å². The molecule has 7 heteroatoms. The van der Waals surface area contributed by atoms with Crippen molar-refractivity contribution in [2.75, 3.05) is 37.6 Å². The highest BCUT2D eigenvalue weighted by atomic mass is 35.5. The Balaban J connectivity index is 1.63. The van der Waals surface area contributed by atoms with E-state index in [9.17, 15) is 0 Å². The molecule has 1 saturated heterocycles. The molecule has 0 amide bonds. The lowest BCUT2D eigenvalue weighted by Crippen LogP contribution is -2.52. The second-order valence-corrected chi connectivity index (χ2v) is 5.99. The van der Waals surface area contributed by atoms with Gasteiger partial charge in [-0.15, -0.1) is 0 Å². The Morgan fingerprint density at radius 1 is 1.25 bits per heavy atom. The van der Waals surface area contributed by atoms with Gasteiger partial charge in [0.1, 0.15) is 12.0 Å². The Bertz CT molecular complexity index is 665. The molecule has 0 bridgehead atoms. The van der Waals surface area contributed by atoms with Crippen LogP contribution < -0.4 is 10.2 Å². The summed E-state index contributed by atoms with van der Waals surface area (Å²) in [5.41, 5.74) is 1.93. The number of anilines is 1. The van der Waals surface area contributed by atoms with Gasteiger partial charge in [0.05, 0.1) is 17.3 Å². The van der Waals surface area contributed by atoms with Gasteiger partial charge in [-0.2, -0.15) is 0 Å². The van der Waals surface area contributed by atoms with Crippen LogP contribution in [-0.2, 0) is 6.54 Å². The number of piperazine rings is 1. The molecule has 0 radical (unpaired) electrons. The number of halogens is 1. The van der Waals surface area contributed by atoms with E-state index in [0.717, 1.165) is 55.1 Å². The minimum atomic E-state index is 0.517. The van der Waals surface area contributed by atoms with Crippen molar-refractivity contribution in [3.63, 3.8) is 0 Å². The molecule has 0 unspecified atom stereocenters. The quantitative estimate of drug-likeness (QED) is 0.680. The van der Waals surface area contributed by atoms with Gasteiger partial charge >= 0.3 is 0 Å². The molecule has 3 rings (SSSR count). The number of hydrogen-bond acceptors (Lipinski definition) is 4. The summed E-state index contributed by atoms with van der Waals surface area (Å²) in [6, 6.07) is 9.83. The molecule has 128 valence electrons. The SMILES string of the molecule is CCNC(=NCc1ccon1)N1CCN(c2ccccc2Cl)CC1. The second kappa shape index (κ2) is 8.06. The van der Waals surface area contributed by atoms with Crippen LogP contribution in [0.15, 0.2) is 46.1 Å².